The molecule has 1 aromatic carbocycles. The summed E-state index contributed by atoms with van der Waals surface area (Å²) in [5.41, 5.74) is 0.382. The zero-order valence-electron chi connectivity index (χ0n) is 15.8. The van der Waals surface area contributed by atoms with Crippen LogP contribution in [0.15, 0.2) is 41.4 Å². The van der Waals surface area contributed by atoms with E-state index in [4.69, 9.17) is 0 Å². The summed E-state index contributed by atoms with van der Waals surface area (Å²) < 4.78 is 28.0. The SMILES string of the molecule is CCC(C)n1nccc1NC(=O)c1ccc(S(=O)(=O)N(C)C(C)C)cc1. The van der Waals surface area contributed by atoms with Gasteiger partial charge in [-0.25, -0.2) is 13.1 Å². The normalized spacial score (nSPS) is 13.2. The van der Waals surface area contributed by atoms with Crippen LogP contribution < -0.4 is 5.32 Å². The second kappa shape index (κ2) is 8.01. The first kappa shape index (κ1) is 20.1. The highest BCUT2D eigenvalue weighted by Gasteiger charge is 2.23. The van der Waals surface area contributed by atoms with Gasteiger partial charge in [0.2, 0.25) is 10.0 Å². The van der Waals surface area contributed by atoms with Crippen LogP contribution in [0, 0.1) is 0 Å². The molecule has 1 heterocycles. The Morgan fingerprint density at radius 1 is 1.19 bits per heavy atom. The molecule has 0 saturated heterocycles. The van der Waals surface area contributed by atoms with E-state index >= 15 is 0 Å². The van der Waals surface area contributed by atoms with E-state index in [2.05, 4.69) is 10.4 Å². The van der Waals surface area contributed by atoms with Crippen LogP contribution in [0.2, 0.25) is 0 Å². The number of rotatable bonds is 7. The lowest BCUT2D eigenvalue weighted by atomic mass is 10.2. The van der Waals surface area contributed by atoms with Gasteiger partial charge in [0.1, 0.15) is 5.82 Å². The molecule has 8 heteroatoms. The van der Waals surface area contributed by atoms with Crippen molar-refractivity contribution in [3.8, 4) is 0 Å². The average Bonchev–Trinajstić information content (AvgIpc) is 3.08. The molecule has 0 spiro atoms. The number of hydrogen-bond acceptors (Lipinski definition) is 4. The van der Waals surface area contributed by atoms with Crippen molar-refractivity contribution in [1.29, 1.82) is 0 Å². The van der Waals surface area contributed by atoms with Gasteiger partial charge in [-0.05, 0) is 51.5 Å². The quantitative estimate of drug-likeness (QED) is 0.802. The number of sulfonamides is 1. The average molecular weight is 378 g/mol. The molecule has 0 bridgehead atoms. The van der Waals surface area contributed by atoms with Crippen LogP contribution in [0.4, 0.5) is 5.82 Å². The van der Waals surface area contributed by atoms with Gasteiger partial charge >= 0.3 is 0 Å². The van der Waals surface area contributed by atoms with E-state index in [0.717, 1.165) is 6.42 Å². The first-order chi connectivity index (χ1) is 12.2. The molecular weight excluding hydrogens is 352 g/mol. The van der Waals surface area contributed by atoms with Crippen molar-refractivity contribution < 1.29 is 13.2 Å². The van der Waals surface area contributed by atoms with E-state index in [-0.39, 0.29) is 22.9 Å². The van der Waals surface area contributed by atoms with Gasteiger partial charge in [-0.15, -0.1) is 0 Å². The Balaban J connectivity index is 2.19. The largest absolute Gasteiger partial charge is 0.307 e. The van der Waals surface area contributed by atoms with Gasteiger partial charge < -0.3 is 5.32 Å². The standard InChI is InChI=1S/C18H26N4O3S/c1-6-14(4)22-17(11-12-19-22)20-18(23)15-7-9-16(10-8-15)26(24,25)21(5)13(2)3/h7-14H,6H2,1-5H3,(H,20,23). The molecule has 7 nitrogen and oxygen atoms in total. The third kappa shape index (κ3) is 4.13. The fourth-order valence-corrected chi connectivity index (χ4v) is 3.72. The molecule has 0 saturated carbocycles. The minimum atomic E-state index is -3.56. The monoisotopic (exact) mass is 378 g/mol. The van der Waals surface area contributed by atoms with Crippen molar-refractivity contribution in [3.05, 3.63) is 42.1 Å². The van der Waals surface area contributed by atoms with Crippen molar-refractivity contribution in [2.75, 3.05) is 12.4 Å². The first-order valence-corrected chi connectivity index (χ1v) is 10.1. The highest BCUT2D eigenvalue weighted by molar-refractivity contribution is 7.89. The van der Waals surface area contributed by atoms with Crippen molar-refractivity contribution in [2.45, 2.75) is 51.1 Å². The Bertz CT molecular complexity index is 857. The third-order valence-electron chi connectivity index (χ3n) is 4.44. The molecule has 142 valence electrons. The molecule has 1 atom stereocenters. The Hall–Kier alpha value is -2.19. The van der Waals surface area contributed by atoms with E-state index in [9.17, 15) is 13.2 Å². The van der Waals surface area contributed by atoms with Crippen LogP contribution in [0.25, 0.3) is 0 Å². The Labute approximate surface area is 155 Å². The number of hydrogen-bond donors (Lipinski definition) is 1. The molecule has 0 fully saturated rings. The number of nitrogens with zero attached hydrogens (tertiary/aromatic N) is 3. The van der Waals surface area contributed by atoms with Crippen LogP contribution in [0.3, 0.4) is 0 Å². The summed E-state index contributed by atoms with van der Waals surface area (Å²) >= 11 is 0. The number of nitrogens with one attached hydrogen (secondary N) is 1. The Morgan fingerprint density at radius 3 is 2.35 bits per heavy atom. The molecule has 0 aliphatic heterocycles. The van der Waals surface area contributed by atoms with Crippen molar-refractivity contribution in [2.24, 2.45) is 0 Å². The van der Waals surface area contributed by atoms with E-state index in [1.54, 1.807) is 30.8 Å². The predicted octanol–water partition coefficient (Wildman–Crippen LogP) is 3.14. The summed E-state index contributed by atoms with van der Waals surface area (Å²) in [7, 11) is -2.03. The zero-order chi connectivity index (χ0) is 19.5. The molecule has 0 aliphatic carbocycles. The minimum Gasteiger partial charge on any atom is -0.307 e. The second-order valence-electron chi connectivity index (χ2n) is 6.51. The maximum absolute atomic E-state index is 12.5. The molecule has 2 aromatic rings. The van der Waals surface area contributed by atoms with Crippen LogP contribution in [0.1, 0.15) is 50.5 Å². The van der Waals surface area contributed by atoms with Crippen molar-refractivity contribution in [3.63, 3.8) is 0 Å². The molecule has 0 aliphatic rings. The number of anilines is 1. The number of amides is 1. The Kier molecular flexibility index (Phi) is 6.20. The van der Waals surface area contributed by atoms with E-state index in [1.807, 2.05) is 13.8 Å². The summed E-state index contributed by atoms with van der Waals surface area (Å²) in [4.78, 5) is 12.6. The van der Waals surface area contributed by atoms with Gasteiger partial charge in [-0.1, -0.05) is 6.92 Å². The van der Waals surface area contributed by atoms with Gasteiger partial charge in [0.15, 0.2) is 0 Å². The number of carbonyl (C=O) groups excluding carboxylic acids is 1. The lowest BCUT2D eigenvalue weighted by molar-refractivity contribution is 0.102. The lowest BCUT2D eigenvalue weighted by Crippen LogP contribution is -2.33. The minimum absolute atomic E-state index is 0.149. The van der Waals surface area contributed by atoms with Gasteiger partial charge in [-0.3, -0.25) is 4.79 Å². The fraction of sp³-hybridized carbons (Fsp3) is 0.444. The summed E-state index contributed by atoms with van der Waals surface area (Å²) in [6.45, 7) is 7.68. The molecule has 1 N–H and O–H groups in total. The second-order valence-corrected chi connectivity index (χ2v) is 8.51. The number of benzene rings is 1. The Morgan fingerprint density at radius 2 is 1.81 bits per heavy atom. The molecule has 26 heavy (non-hydrogen) atoms. The van der Waals surface area contributed by atoms with Gasteiger partial charge in [0, 0.05) is 24.7 Å². The maximum Gasteiger partial charge on any atom is 0.256 e. The summed E-state index contributed by atoms with van der Waals surface area (Å²) in [5, 5.41) is 7.06. The van der Waals surface area contributed by atoms with Gasteiger partial charge in [0.25, 0.3) is 5.91 Å². The van der Waals surface area contributed by atoms with E-state index < -0.39 is 10.0 Å². The van der Waals surface area contributed by atoms with Crippen LogP contribution in [-0.4, -0.2) is 41.5 Å². The summed E-state index contributed by atoms with van der Waals surface area (Å²) in [5.74, 6) is 0.303. The van der Waals surface area contributed by atoms with Crippen LogP contribution >= 0.6 is 0 Å². The third-order valence-corrected chi connectivity index (χ3v) is 6.49. The molecule has 0 radical (unpaired) electrons. The van der Waals surface area contributed by atoms with Gasteiger partial charge in [-0.2, -0.15) is 9.40 Å². The van der Waals surface area contributed by atoms with Crippen molar-refractivity contribution >= 4 is 21.7 Å². The topological polar surface area (TPSA) is 84.3 Å². The van der Waals surface area contributed by atoms with Crippen molar-refractivity contribution in [1.82, 2.24) is 14.1 Å². The summed E-state index contributed by atoms with van der Waals surface area (Å²) in [6, 6.07) is 7.69. The van der Waals surface area contributed by atoms with Gasteiger partial charge in [0.05, 0.1) is 17.1 Å². The highest BCUT2D eigenvalue weighted by atomic mass is 32.2. The molecular formula is C18H26N4O3S. The fourth-order valence-electron chi connectivity index (χ4n) is 2.35. The first-order valence-electron chi connectivity index (χ1n) is 8.61. The van der Waals surface area contributed by atoms with Crippen LogP contribution in [0.5, 0.6) is 0 Å². The maximum atomic E-state index is 12.5. The molecule has 1 amide bonds. The predicted molar refractivity (Wildman–Crippen MR) is 102 cm³/mol. The lowest BCUT2D eigenvalue weighted by Gasteiger charge is -2.21. The zero-order valence-corrected chi connectivity index (χ0v) is 16.6. The number of aromatic nitrogens is 2. The summed E-state index contributed by atoms with van der Waals surface area (Å²) in [6.07, 6.45) is 2.53. The van der Waals surface area contributed by atoms with E-state index in [0.29, 0.717) is 11.4 Å². The molecule has 1 aromatic heterocycles. The number of carbonyl (C=O) groups is 1. The molecule has 1 unspecified atom stereocenters. The smallest absolute Gasteiger partial charge is 0.256 e. The highest BCUT2D eigenvalue weighted by Crippen LogP contribution is 2.19. The molecule has 2 rings (SSSR count). The van der Waals surface area contributed by atoms with E-state index in [1.165, 1.54) is 35.6 Å². The van der Waals surface area contributed by atoms with Crippen LogP contribution in [-0.2, 0) is 10.0 Å².